The van der Waals surface area contributed by atoms with E-state index in [0.717, 1.165) is 0 Å². The Morgan fingerprint density at radius 3 is 1.70 bits per heavy atom. The summed E-state index contributed by atoms with van der Waals surface area (Å²) < 4.78 is 4.68. The minimum atomic E-state index is -0.784. The van der Waals surface area contributed by atoms with Gasteiger partial charge in [-0.05, 0) is 35.4 Å². The standard InChI is InChI=1S/C16H8ClNO5/c17-11-5-1-9(2-6-11)13-14(16(20)23-15(13)19)10-3-7-12(8-4-10)18(21)22/h1-8H. The van der Waals surface area contributed by atoms with E-state index in [2.05, 4.69) is 4.74 Å². The first-order chi connectivity index (χ1) is 11.0. The number of carbonyl (C=O) groups is 2. The molecule has 7 heteroatoms. The van der Waals surface area contributed by atoms with Crippen LogP contribution in [0.5, 0.6) is 0 Å². The summed E-state index contributed by atoms with van der Waals surface area (Å²) in [6.07, 6.45) is 0. The highest BCUT2D eigenvalue weighted by molar-refractivity contribution is 6.44. The number of nitro benzene ring substituents is 1. The maximum Gasteiger partial charge on any atom is 0.347 e. The van der Waals surface area contributed by atoms with Crippen molar-refractivity contribution in [1.82, 2.24) is 0 Å². The lowest BCUT2D eigenvalue weighted by atomic mass is 9.96. The van der Waals surface area contributed by atoms with Gasteiger partial charge in [-0.2, -0.15) is 0 Å². The maximum absolute atomic E-state index is 12.0. The Morgan fingerprint density at radius 1 is 0.826 bits per heavy atom. The predicted molar refractivity (Wildman–Crippen MR) is 82.5 cm³/mol. The molecule has 0 aliphatic carbocycles. The average molecular weight is 330 g/mol. The van der Waals surface area contributed by atoms with Crippen LogP contribution in [0, 0.1) is 10.1 Å². The van der Waals surface area contributed by atoms with E-state index in [4.69, 9.17) is 11.6 Å². The quantitative estimate of drug-likeness (QED) is 0.373. The lowest BCUT2D eigenvalue weighted by Crippen LogP contribution is -2.02. The molecule has 0 unspecified atom stereocenters. The highest BCUT2D eigenvalue weighted by Gasteiger charge is 2.34. The van der Waals surface area contributed by atoms with Gasteiger partial charge in [-0.3, -0.25) is 10.1 Å². The number of esters is 2. The number of cyclic esters (lactones) is 2. The summed E-state index contributed by atoms with van der Waals surface area (Å²) in [6, 6.07) is 11.7. The van der Waals surface area contributed by atoms with Crippen LogP contribution < -0.4 is 0 Å². The van der Waals surface area contributed by atoms with E-state index >= 15 is 0 Å². The number of hydrogen-bond acceptors (Lipinski definition) is 5. The van der Waals surface area contributed by atoms with Crippen LogP contribution in [0.1, 0.15) is 11.1 Å². The Labute approximate surface area is 135 Å². The number of carbonyl (C=O) groups excluding carboxylic acids is 2. The van der Waals surface area contributed by atoms with Crippen molar-refractivity contribution in [3.8, 4) is 0 Å². The Bertz CT molecular complexity index is 853. The van der Waals surface area contributed by atoms with Gasteiger partial charge in [0.25, 0.3) is 5.69 Å². The molecule has 0 bridgehead atoms. The van der Waals surface area contributed by atoms with Crippen molar-refractivity contribution in [2.45, 2.75) is 0 Å². The van der Waals surface area contributed by atoms with Gasteiger partial charge in [0.2, 0.25) is 0 Å². The number of non-ortho nitro benzene ring substituents is 1. The van der Waals surface area contributed by atoms with Crippen LogP contribution in [-0.4, -0.2) is 16.9 Å². The second-order valence-electron chi connectivity index (χ2n) is 4.74. The number of rotatable bonds is 3. The van der Waals surface area contributed by atoms with Crippen molar-refractivity contribution in [3.05, 3.63) is 74.8 Å². The van der Waals surface area contributed by atoms with E-state index in [1.807, 2.05) is 0 Å². The largest absolute Gasteiger partial charge is 0.386 e. The minimum absolute atomic E-state index is 0.0761. The molecule has 6 nitrogen and oxygen atoms in total. The van der Waals surface area contributed by atoms with Gasteiger partial charge < -0.3 is 4.74 Å². The summed E-state index contributed by atoms with van der Waals surface area (Å²) in [5, 5.41) is 11.2. The maximum atomic E-state index is 12.0. The van der Waals surface area contributed by atoms with Gasteiger partial charge in [0.1, 0.15) is 0 Å². The summed E-state index contributed by atoms with van der Waals surface area (Å²) in [5.41, 5.74) is 0.933. The van der Waals surface area contributed by atoms with E-state index < -0.39 is 16.9 Å². The lowest BCUT2D eigenvalue weighted by Gasteiger charge is -2.03. The molecule has 0 N–H and O–H groups in total. The monoisotopic (exact) mass is 329 g/mol. The first kappa shape index (κ1) is 14.9. The van der Waals surface area contributed by atoms with Crippen LogP contribution in [-0.2, 0) is 14.3 Å². The van der Waals surface area contributed by atoms with Crippen molar-refractivity contribution in [1.29, 1.82) is 0 Å². The smallest absolute Gasteiger partial charge is 0.347 e. The van der Waals surface area contributed by atoms with Crippen molar-refractivity contribution < 1.29 is 19.2 Å². The third-order valence-corrected chi connectivity index (χ3v) is 3.60. The fourth-order valence-corrected chi connectivity index (χ4v) is 2.41. The summed E-state index contributed by atoms with van der Waals surface area (Å²) in [4.78, 5) is 34.1. The normalized spacial score (nSPS) is 14.1. The van der Waals surface area contributed by atoms with Crippen LogP contribution in [0.4, 0.5) is 5.69 Å². The first-order valence-electron chi connectivity index (χ1n) is 6.49. The summed E-state index contributed by atoms with van der Waals surface area (Å²) in [6.45, 7) is 0. The van der Waals surface area contributed by atoms with Gasteiger partial charge >= 0.3 is 11.9 Å². The second-order valence-corrected chi connectivity index (χ2v) is 5.17. The molecule has 3 rings (SSSR count). The van der Waals surface area contributed by atoms with Gasteiger partial charge in [-0.25, -0.2) is 9.59 Å². The number of nitrogens with zero attached hydrogens (tertiary/aromatic N) is 1. The average Bonchev–Trinajstić information content (AvgIpc) is 2.82. The zero-order valence-corrected chi connectivity index (χ0v) is 12.2. The molecule has 0 radical (unpaired) electrons. The van der Waals surface area contributed by atoms with Crippen LogP contribution in [0.25, 0.3) is 11.1 Å². The Balaban J connectivity index is 2.15. The summed E-state index contributed by atoms with van der Waals surface area (Å²) in [7, 11) is 0. The number of benzene rings is 2. The van der Waals surface area contributed by atoms with E-state index in [1.54, 1.807) is 24.3 Å². The molecule has 0 aromatic heterocycles. The fraction of sp³-hybridized carbons (Fsp3) is 0. The van der Waals surface area contributed by atoms with E-state index in [-0.39, 0.29) is 16.8 Å². The van der Waals surface area contributed by atoms with Crippen LogP contribution in [0.2, 0.25) is 5.02 Å². The molecule has 23 heavy (non-hydrogen) atoms. The van der Waals surface area contributed by atoms with Crippen LogP contribution >= 0.6 is 11.6 Å². The van der Waals surface area contributed by atoms with E-state index in [0.29, 0.717) is 16.1 Å². The molecule has 114 valence electrons. The molecule has 0 amide bonds. The molecule has 1 aliphatic heterocycles. The Hall–Kier alpha value is -2.99. The van der Waals surface area contributed by atoms with Crippen LogP contribution in [0.15, 0.2) is 48.5 Å². The zero-order valence-electron chi connectivity index (χ0n) is 11.5. The third kappa shape index (κ3) is 2.72. The number of nitro groups is 1. The highest BCUT2D eigenvalue weighted by Crippen LogP contribution is 2.34. The first-order valence-corrected chi connectivity index (χ1v) is 6.86. The van der Waals surface area contributed by atoms with Crippen molar-refractivity contribution in [2.75, 3.05) is 0 Å². The fourth-order valence-electron chi connectivity index (χ4n) is 2.28. The molecule has 1 aliphatic rings. The van der Waals surface area contributed by atoms with Gasteiger partial charge in [0.05, 0.1) is 16.1 Å². The topological polar surface area (TPSA) is 86.5 Å². The molecular formula is C16H8ClNO5. The molecule has 0 saturated heterocycles. The summed E-state index contributed by atoms with van der Waals surface area (Å²) >= 11 is 5.82. The molecule has 0 atom stereocenters. The van der Waals surface area contributed by atoms with E-state index in [9.17, 15) is 19.7 Å². The molecule has 0 saturated carbocycles. The number of halogens is 1. The Kier molecular flexibility index (Phi) is 3.67. The molecule has 2 aromatic carbocycles. The van der Waals surface area contributed by atoms with Gasteiger partial charge in [0, 0.05) is 17.2 Å². The highest BCUT2D eigenvalue weighted by atomic mass is 35.5. The Morgan fingerprint density at radius 2 is 1.26 bits per heavy atom. The number of ether oxygens (including phenoxy) is 1. The molecule has 1 heterocycles. The molecular weight excluding hydrogens is 322 g/mol. The molecule has 2 aromatic rings. The SMILES string of the molecule is O=C1OC(=O)C(c2ccc([N+](=O)[O-])cc2)=C1c1ccc(Cl)cc1. The van der Waals surface area contributed by atoms with Crippen LogP contribution in [0.3, 0.4) is 0 Å². The number of hydrogen-bond donors (Lipinski definition) is 0. The van der Waals surface area contributed by atoms with Gasteiger partial charge in [0.15, 0.2) is 0 Å². The van der Waals surface area contributed by atoms with Crippen molar-refractivity contribution in [2.24, 2.45) is 0 Å². The van der Waals surface area contributed by atoms with Crippen molar-refractivity contribution in [3.63, 3.8) is 0 Å². The molecule has 0 spiro atoms. The zero-order chi connectivity index (χ0) is 16.6. The van der Waals surface area contributed by atoms with Crippen molar-refractivity contribution >= 4 is 40.4 Å². The third-order valence-electron chi connectivity index (χ3n) is 3.34. The minimum Gasteiger partial charge on any atom is -0.386 e. The van der Waals surface area contributed by atoms with E-state index in [1.165, 1.54) is 24.3 Å². The molecule has 0 fully saturated rings. The summed E-state index contributed by atoms with van der Waals surface area (Å²) in [5.74, 6) is -1.54. The van der Waals surface area contributed by atoms with Gasteiger partial charge in [-0.1, -0.05) is 23.7 Å². The second kappa shape index (κ2) is 5.66. The van der Waals surface area contributed by atoms with Gasteiger partial charge in [-0.15, -0.1) is 0 Å². The lowest BCUT2D eigenvalue weighted by molar-refractivity contribution is -0.384. The predicted octanol–water partition coefficient (Wildman–Crippen LogP) is 3.24.